The van der Waals surface area contributed by atoms with Gasteiger partial charge in [0.1, 0.15) is 0 Å². The number of hydrogen-bond acceptors (Lipinski definition) is 3. The van der Waals surface area contributed by atoms with Gasteiger partial charge in [0, 0.05) is 25.2 Å². The highest BCUT2D eigenvalue weighted by atomic mass is 16.5. The molecule has 3 atom stereocenters. The number of nitrogens with zero attached hydrogens (tertiary/aromatic N) is 3. The highest BCUT2D eigenvalue weighted by Crippen LogP contribution is 2.33. The van der Waals surface area contributed by atoms with Crippen molar-refractivity contribution in [3.05, 3.63) is 36.2 Å². The van der Waals surface area contributed by atoms with Gasteiger partial charge in [0.15, 0.2) is 0 Å². The largest absolute Gasteiger partial charge is 0.373 e. The molecule has 104 valence electrons. The number of likely N-dealkylation sites (tertiary alicyclic amines) is 1. The van der Waals surface area contributed by atoms with Crippen molar-refractivity contribution in [3.63, 3.8) is 0 Å². The Kier molecular flexibility index (Phi) is 2.57. The van der Waals surface area contributed by atoms with E-state index in [0.717, 1.165) is 18.5 Å². The van der Waals surface area contributed by atoms with Crippen LogP contribution in [0.4, 0.5) is 0 Å². The van der Waals surface area contributed by atoms with Crippen LogP contribution in [0.3, 0.4) is 0 Å². The average molecular weight is 271 g/mol. The molecule has 2 fully saturated rings. The van der Waals surface area contributed by atoms with E-state index < -0.39 is 0 Å². The topological polar surface area (TPSA) is 46.8 Å². The monoisotopic (exact) mass is 271 g/mol. The molecular formula is C15H17N3O2. The Morgan fingerprint density at radius 1 is 1.40 bits per heavy atom. The number of fused-ring (bicyclic) bond motifs is 2. The number of rotatable bonds is 1. The molecule has 0 radical (unpaired) electrons. The third-order valence-electron chi connectivity index (χ3n) is 4.37. The maximum atomic E-state index is 12.7. The molecule has 0 bridgehead atoms. The number of pyridine rings is 1. The molecule has 2 saturated heterocycles. The van der Waals surface area contributed by atoms with Crippen LogP contribution in [0.15, 0.2) is 30.6 Å². The molecule has 2 aliphatic heterocycles. The van der Waals surface area contributed by atoms with E-state index in [2.05, 4.69) is 12.0 Å². The standard InChI is InChI=1S/C15H17N3O2/c1-10-6-11-8-17(9-14(11)20-10)15(19)12-7-16-18-5-3-2-4-13(12)18/h2-5,7,10-11,14H,6,8-9H2,1H3/t10-,11+,14-/m0/s1. The molecule has 0 aromatic carbocycles. The zero-order chi connectivity index (χ0) is 13.7. The van der Waals surface area contributed by atoms with Gasteiger partial charge in [-0.05, 0) is 25.5 Å². The van der Waals surface area contributed by atoms with Crippen LogP contribution in [0.5, 0.6) is 0 Å². The minimum Gasteiger partial charge on any atom is -0.373 e. The lowest BCUT2D eigenvalue weighted by molar-refractivity contribution is 0.0444. The van der Waals surface area contributed by atoms with Crippen molar-refractivity contribution in [1.82, 2.24) is 14.5 Å². The Morgan fingerprint density at radius 2 is 2.30 bits per heavy atom. The van der Waals surface area contributed by atoms with Gasteiger partial charge in [-0.1, -0.05) is 6.07 Å². The highest BCUT2D eigenvalue weighted by molar-refractivity contribution is 6.00. The van der Waals surface area contributed by atoms with Gasteiger partial charge in [-0.2, -0.15) is 5.10 Å². The fourth-order valence-electron chi connectivity index (χ4n) is 3.44. The Balaban J connectivity index is 1.59. The zero-order valence-electron chi connectivity index (χ0n) is 11.4. The van der Waals surface area contributed by atoms with E-state index in [1.807, 2.05) is 29.3 Å². The van der Waals surface area contributed by atoms with E-state index >= 15 is 0 Å². The molecule has 2 aliphatic rings. The third-order valence-corrected chi connectivity index (χ3v) is 4.37. The van der Waals surface area contributed by atoms with Crippen LogP contribution in [0, 0.1) is 5.92 Å². The molecule has 20 heavy (non-hydrogen) atoms. The molecule has 2 aromatic rings. The summed E-state index contributed by atoms with van der Waals surface area (Å²) >= 11 is 0. The van der Waals surface area contributed by atoms with Gasteiger partial charge in [0.2, 0.25) is 0 Å². The lowest BCUT2D eigenvalue weighted by atomic mass is 10.0. The summed E-state index contributed by atoms with van der Waals surface area (Å²) in [5.41, 5.74) is 1.54. The van der Waals surface area contributed by atoms with Crippen LogP contribution < -0.4 is 0 Å². The van der Waals surface area contributed by atoms with E-state index in [0.29, 0.717) is 24.1 Å². The van der Waals surface area contributed by atoms with E-state index in [1.54, 1.807) is 10.7 Å². The van der Waals surface area contributed by atoms with Crippen molar-refractivity contribution in [2.45, 2.75) is 25.6 Å². The molecule has 0 saturated carbocycles. The molecule has 0 spiro atoms. The zero-order valence-corrected chi connectivity index (χ0v) is 11.4. The van der Waals surface area contributed by atoms with E-state index in [1.165, 1.54) is 0 Å². The van der Waals surface area contributed by atoms with Gasteiger partial charge in [0.05, 0.1) is 29.5 Å². The van der Waals surface area contributed by atoms with Crippen molar-refractivity contribution in [3.8, 4) is 0 Å². The first-order chi connectivity index (χ1) is 9.72. The van der Waals surface area contributed by atoms with Crippen molar-refractivity contribution in [2.75, 3.05) is 13.1 Å². The molecule has 4 heterocycles. The van der Waals surface area contributed by atoms with Gasteiger partial charge < -0.3 is 9.64 Å². The Bertz CT molecular complexity index is 652. The first-order valence-corrected chi connectivity index (χ1v) is 7.09. The SMILES string of the molecule is C[C@H]1C[C@@H]2CN(C(=O)c3cnn4ccccc34)C[C@@H]2O1. The quantitative estimate of drug-likeness (QED) is 0.791. The molecule has 0 aliphatic carbocycles. The summed E-state index contributed by atoms with van der Waals surface area (Å²) in [4.78, 5) is 14.6. The first kappa shape index (κ1) is 11.9. The summed E-state index contributed by atoms with van der Waals surface area (Å²) < 4.78 is 7.59. The normalized spacial score (nSPS) is 29.1. The fraction of sp³-hybridized carbons (Fsp3) is 0.467. The summed E-state index contributed by atoms with van der Waals surface area (Å²) in [7, 11) is 0. The van der Waals surface area contributed by atoms with Crippen LogP contribution in [0.1, 0.15) is 23.7 Å². The first-order valence-electron chi connectivity index (χ1n) is 7.09. The smallest absolute Gasteiger partial charge is 0.257 e. The van der Waals surface area contributed by atoms with Crippen LogP contribution in [0.25, 0.3) is 5.52 Å². The predicted octanol–water partition coefficient (Wildman–Crippen LogP) is 1.58. The molecule has 5 heteroatoms. The summed E-state index contributed by atoms with van der Waals surface area (Å²) in [6, 6.07) is 5.76. The van der Waals surface area contributed by atoms with E-state index in [4.69, 9.17) is 4.74 Å². The van der Waals surface area contributed by atoms with Crippen molar-refractivity contribution >= 4 is 11.4 Å². The second kappa shape index (κ2) is 4.31. The second-order valence-corrected chi connectivity index (χ2v) is 5.78. The van der Waals surface area contributed by atoms with E-state index in [-0.39, 0.29) is 12.0 Å². The third kappa shape index (κ3) is 1.73. The second-order valence-electron chi connectivity index (χ2n) is 5.78. The van der Waals surface area contributed by atoms with Crippen LogP contribution in [0.2, 0.25) is 0 Å². The van der Waals surface area contributed by atoms with Crippen LogP contribution in [-0.2, 0) is 4.74 Å². The van der Waals surface area contributed by atoms with Gasteiger partial charge in [-0.15, -0.1) is 0 Å². The molecule has 1 amide bonds. The number of aromatic nitrogens is 2. The van der Waals surface area contributed by atoms with Crippen molar-refractivity contribution in [2.24, 2.45) is 5.92 Å². The number of hydrogen-bond donors (Lipinski definition) is 0. The number of ether oxygens (including phenoxy) is 1. The molecule has 2 aromatic heterocycles. The number of carbonyl (C=O) groups is 1. The van der Waals surface area contributed by atoms with Crippen LogP contribution >= 0.6 is 0 Å². The number of carbonyl (C=O) groups excluding carboxylic acids is 1. The molecule has 0 unspecified atom stereocenters. The van der Waals surface area contributed by atoms with Crippen molar-refractivity contribution < 1.29 is 9.53 Å². The van der Waals surface area contributed by atoms with Crippen molar-refractivity contribution in [1.29, 1.82) is 0 Å². The summed E-state index contributed by atoms with van der Waals surface area (Å²) in [6.07, 6.45) is 5.13. The molecule has 5 nitrogen and oxygen atoms in total. The lowest BCUT2D eigenvalue weighted by Crippen LogP contribution is -2.31. The minimum atomic E-state index is 0.0665. The maximum Gasteiger partial charge on any atom is 0.257 e. The van der Waals surface area contributed by atoms with E-state index in [9.17, 15) is 4.79 Å². The Hall–Kier alpha value is -1.88. The van der Waals surface area contributed by atoms with Gasteiger partial charge >= 0.3 is 0 Å². The lowest BCUT2D eigenvalue weighted by Gasteiger charge is -2.17. The molecule has 0 N–H and O–H groups in total. The van der Waals surface area contributed by atoms with Crippen LogP contribution in [-0.4, -0.2) is 45.7 Å². The predicted molar refractivity (Wildman–Crippen MR) is 73.5 cm³/mol. The Labute approximate surface area is 117 Å². The Morgan fingerprint density at radius 3 is 3.15 bits per heavy atom. The summed E-state index contributed by atoms with van der Waals surface area (Å²) in [5.74, 6) is 0.563. The maximum absolute atomic E-state index is 12.7. The summed E-state index contributed by atoms with van der Waals surface area (Å²) in [5, 5.41) is 4.23. The van der Waals surface area contributed by atoms with Gasteiger partial charge in [0.25, 0.3) is 5.91 Å². The average Bonchev–Trinajstić information content (AvgIpc) is 3.09. The molecular weight excluding hydrogens is 254 g/mol. The minimum absolute atomic E-state index is 0.0665. The number of amides is 1. The summed E-state index contributed by atoms with van der Waals surface area (Å²) in [6.45, 7) is 3.62. The van der Waals surface area contributed by atoms with Gasteiger partial charge in [-0.3, -0.25) is 4.79 Å². The fourth-order valence-corrected chi connectivity index (χ4v) is 3.44. The molecule has 4 rings (SSSR count). The highest BCUT2D eigenvalue weighted by Gasteiger charge is 2.42. The van der Waals surface area contributed by atoms with Gasteiger partial charge in [-0.25, -0.2) is 4.52 Å².